The number of nitrogens with zero attached hydrogens (tertiary/aromatic N) is 1. The van der Waals surface area contributed by atoms with Crippen LogP contribution in [0.25, 0.3) is 0 Å². The lowest BCUT2D eigenvalue weighted by Gasteiger charge is -2.41. The number of carboxylic acid groups (broad SMARTS) is 1. The molecule has 8 heteroatoms. The molecule has 2 heterocycles. The van der Waals surface area contributed by atoms with Crippen molar-refractivity contribution in [2.75, 3.05) is 13.1 Å². The molecular formula is C33H44N2O6. The summed E-state index contributed by atoms with van der Waals surface area (Å²) in [4.78, 5) is 25.3. The summed E-state index contributed by atoms with van der Waals surface area (Å²) in [5.41, 5.74) is 4.51. The second-order valence-corrected chi connectivity index (χ2v) is 13.4. The van der Waals surface area contributed by atoms with Crippen molar-refractivity contribution >= 4 is 11.9 Å². The molecule has 2 unspecified atom stereocenters. The van der Waals surface area contributed by atoms with E-state index in [-0.39, 0.29) is 37.6 Å². The Balaban J connectivity index is 1.28. The summed E-state index contributed by atoms with van der Waals surface area (Å²) in [5.74, 6) is -1.26. The Morgan fingerprint density at radius 3 is 2.32 bits per heavy atom. The van der Waals surface area contributed by atoms with Gasteiger partial charge in [-0.05, 0) is 46.8 Å². The summed E-state index contributed by atoms with van der Waals surface area (Å²) >= 11 is 0. The number of hydrogen-bond donors (Lipinski definition) is 3. The van der Waals surface area contributed by atoms with E-state index in [1.807, 2.05) is 48.5 Å². The Hall–Kier alpha value is -2.78. The van der Waals surface area contributed by atoms with E-state index in [0.29, 0.717) is 23.4 Å². The molecule has 2 aliphatic heterocycles. The second-order valence-electron chi connectivity index (χ2n) is 13.4. The molecule has 2 aromatic rings. The van der Waals surface area contributed by atoms with Crippen molar-refractivity contribution in [3.63, 3.8) is 0 Å². The molecule has 2 aromatic carbocycles. The van der Waals surface area contributed by atoms with Crippen LogP contribution >= 0.6 is 0 Å². The third-order valence-electron chi connectivity index (χ3n) is 8.88. The molecule has 5 atom stereocenters. The monoisotopic (exact) mass is 564 g/mol. The molecule has 0 spiro atoms. The number of aliphatic hydroxyl groups excluding tert-OH is 1. The minimum Gasteiger partial charge on any atom is -0.481 e. The third-order valence-corrected chi connectivity index (χ3v) is 8.88. The van der Waals surface area contributed by atoms with Crippen molar-refractivity contribution in [2.24, 2.45) is 10.8 Å². The minimum atomic E-state index is -0.983. The number of benzene rings is 2. The number of amides is 1. The largest absolute Gasteiger partial charge is 0.481 e. The fourth-order valence-electron chi connectivity index (χ4n) is 7.39. The zero-order valence-corrected chi connectivity index (χ0v) is 24.5. The molecule has 2 saturated heterocycles. The molecule has 8 nitrogen and oxygen atoms in total. The lowest BCUT2D eigenvalue weighted by molar-refractivity contribution is -0.253. The number of nitrogens with one attached hydrogen (secondary N) is 1. The van der Waals surface area contributed by atoms with Crippen LogP contribution in [0.2, 0.25) is 0 Å². The summed E-state index contributed by atoms with van der Waals surface area (Å²) < 4.78 is 13.2. The van der Waals surface area contributed by atoms with Crippen LogP contribution in [-0.2, 0) is 32.2 Å². The van der Waals surface area contributed by atoms with Gasteiger partial charge in [-0.1, -0.05) is 69.3 Å². The van der Waals surface area contributed by atoms with Crippen molar-refractivity contribution in [2.45, 2.75) is 97.0 Å². The zero-order chi connectivity index (χ0) is 29.2. The van der Waals surface area contributed by atoms with Crippen LogP contribution < -0.4 is 5.32 Å². The van der Waals surface area contributed by atoms with Crippen LogP contribution in [0.4, 0.5) is 0 Å². The van der Waals surface area contributed by atoms with Gasteiger partial charge in [0.2, 0.25) is 5.91 Å². The average Bonchev–Trinajstić information content (AvgIpc) is 3.17. The second kappa shape index (κ2) is 12.2. The lowest BCUT2D eigenvalue weighted by atomic mass is 9.65. The zero-order valence-electron chi connectivity index (χ0n) is 24.5. The highest BCUT2D eigenvalue weighted by molar-refractivity contribution is 5.80. The number of rotatable bonds is 10. The highest BCUT2D eigenvalue weighted by atomic mass is 16.7. The molecular weight excluding hydrogens is 520 g/mol. The quantitative estimate of drug-likeness (QED) is 0.368. The van der Waals surface area contributed by atoms with Crippen molar-refractivity contribution in [1.29, 1.82) is 0 Å². The van der Waals surface area contributed by atoms with Crippen molar-refractivity contribution in [3.05, 3.63) is 70.8 Å². The van der Waals surface area contributed by atoms with Gasteiger partial charge in [0.1, 0.15) is 0 Å². The van der Waals surface area contributed by atoms with E-state index in [1.165, 1.54) is 19.3 Å². The number of aliphatic carboxylic acids is 1. The Kier molecular flexibility index (Phi) is 8.85. The molecule has 3 fully saturated rings. The predicted molar refractivity (Wildman–Crippen MR) is 155 cm³/mol. The standard InChI is InChI=1S/C33H44N2O6/c1-32(2)15-26-16-33(3,20-32)21-35(26)18-27-14-28(24-8-6-23(19-36)7-9-24)41-31(40-27)25-10-4-22(5-11-25)17-34-29(37)12-13-30(38)39/h4-11,26-28,31,36H,12-21H2,1-3H3,(H,34,37)(H,38,39)/t26?,27-,28+,31+,33?/m0/s1. The number of carbonyl (C=O) groups excluding carboxylic acids is 1. The highest BCUT2D eigenvalue weighted by Gasteiger charge is 2.50. The third kappa shape index (κ3) is 7.55. The normalized spacial score (nSPS) is 29.3. The first-order valence-corrected chi connectivity index (χ1v) is 14.8. The van der Waals surface area contributed by atoms with E-state index < -0.39 is 12.3 Å². The number of hydrogen-bond acceptors (Lipinski definition) is 6. The summed E-state index contributed by atoms with van der Waals surface area (Å²) in [6.45, 7) is 9.57. The summed E-state index contributed by atoms with van der Waals surface area (Å²) in [6, 6.07) is 16.4. The van der Waals surface area contributed by atoms with E-state index in [1.54, 1.807) is 0 Å². The molecule has 41 heavy (non-hydrogen) atoms. The van der Waals surface area contributed by atoms with Gasteiger partial charge in [0.15, 0.2) is 6.29 Å². The Morgan fingerprint density at radius 1 is 0.951 bits per heavy atom. The molecule has 3 N–H and O–H groups in total. The fourth-order valence-corrected chi connectivity index (χ4v) is 7.39. The Bertz CT molecular complexity index is 1210. The van der Waals surface area contributed by atoms with Crippen LogP contribution in [0.3, 0.4) is 0 Å². The van der Waals surface area contributed by atoms with Gasteiger partial charge >= 0.3 is 5.97 Å². The van der Waals surface area contributed by atoms with E-state index in [2.05, 4.69) is 31.0 Å². The van der Waals surface area contributed by atoms with Gasteiger partial charge in [-0.25, -0.2) is 0 Å². The van der Waals surface area contributed by atoms with Gasteiger partial charge in [0.05, 0.1) is 25.2 Å². The summed E-state index contributed by atoms with van der Waals surface area (Å²) in [6.07, 6.45) is 3.64. The van der Waals surface area contributed by atoms with Crippen LogP contribution in [0.15, 0.2) is 48.5 Å². The number of aliphatic hydroxyl groups is 1. The highest BCUT2D eigenvalue weighted by Crippen LogP contribution is 2.53. The van der Waals surface area contributed by atoms with Crippen LogP contribution in [0.1, 0.15) is 93.9 Å². The molecule has 1 aliphatic carbocycles. The van der Waals surface area contributed by atoms with E-state index in [9.17, 15) is 14.7 Å². The SMILES string of the molecule is CC1(C)CC2CC(C)(CN2C[C@@H]2C[C@H](c3ccc(CO)cc3)O[C@H](c3ccc(CNC(=O)CCC(=O)O)cc3)O2)C1. The number of carbonyl (C=O) groups is 2. The van der Waals surface area contributed by atoms with Gasteiger partial charge in [-0.2, -0.15) is 0 Å². The predicted octanol–water partition coefficient (Wildman–Crippen LogP) is 5.11. The number of ether oxygens (including phenoxy) is 2. The van der Waals surface area contributed by atoms with Crippen LogP contribution in [0.5, 0.6) is 0 Å². The fraction of sp³-hybridized carbons (Fsp3) is 0.576. The molecule has 1 saturated carbocycles. The molecule has 0 aromatic heterocycles. The summed E-state index contributed by atoms with van der Waals surface area (Å²) in [5, 5.41) is 21.0. The number of carboxylic acids is 1. The van der Waals surface area contributed by atoms with Crippen molar-refractivity contribution < 1.29 is 29.3 Å². The maximum atomic E-state index is 11.9. The molecule has 3 aliphatic rings. The smallest absolute Gasteiger partial charge is 0.303 e. The lowest BCUT2D eigenvalue weighted by Crippen LogP contribution is -2.42. The van der Waals surface area contributed by atoms with Gasteiger partial charge in [-0.15, -0.1) is 0 Å². The number of fused-ring (bicyclic) bond motifs is 2. The molecule has 2 bridgehead atoms. The maximum Gasteiger partial charge on any atom is 0.303 e. The number of likely N-dealkylation sites (tertiary alicyclic amines) is 1. The molecule has 5 rings (SSSR count). The Morgan fingerprint density at radius 2 is 1.63 bits per heavy atom. The topological polar surface area (TPSA) is 108 Å². The van der Waals surface area contributed by atoms with Gasteiger partial charge < -0.3 is 25.0 Å². The van der Waals surface area contributed by atoms with Gasteiger partial charge in [0, 0.05) is 44.1 Å². The van der Waals surface area contributed by atoms with Gasteiger partial charge in [-0.3, -0.25) is 14.5 Å². The molecule has 1 amide bonds. The van der Waals surface area contributed by atoms with Crippen LogP contribution in [-0.4, -0.2) is 52.2 Å². The van der Waals surface area contributed by atoms with Crippen LogP contribution in [0, 0.1) is 10.8 Å². The van der Waals surface area contributed by atoms with Crippen molar-refractivity contribution in [3.8, 4) is 0 Å². The summed E-state index contributed by atoms with van der Waals surface area (Å²) in [7, 11) is 0. The Labute approximate surface area is 243 Å². The molecule has 222 valence electrons. The first-order valence-electron chi connectivity index (χ1n) is 14.8. The maximum absolute atomic E-state index is 11.9. The van der Waals surface area contributed by atoms with Crippen molar-refractivity contribution in [1.82, 2.24) is 10.2 Å². The van der Waals surface area contributed by atoms with E-state index in [4.69, 9.17) is 14.6 Å². The minimum absolute atomic E-state index is 0.00975. The van der Waals surface area contributed by atoms with E-state index in [0.717, 1.165) is 41.8 Å². The first kappa shape index (κ1) is 29.7. The average molecular weight is 565 g/mol. The first-order chi connectivity index (χ1) is 19.5. The molecule has 0 radical (unpaired) electrons. The van der Waals surface area contributed by atoms with Gasteiger partial charge in [0.25, 0.3) is 0 Å². The van der Waals surface area contributed by atoms with E-state index >= 15 is 0 Å².